The molecule has 1 aromatic carbocycles. The minimum absolute atomic E-state index is 0.0188. The minimum atomic E-state index is -0.617. The summed E-state index contributed by atoms with van der Waals surface area (Å²) in [4.78, 5) is 40.4. The number of carbonyl (C=O) groups is 3. The molecule has 5 rings (SSSR count). The molecule has 2 amide bonds. The van der Waals surface area contributed by atoms with Gasteiger partial charge in [-0.25, -0.2) is 4.39 Å². The molecule has 0 atom stereocenters. The Morgan fingerprint density at radius 2 is 1.83 bits per heavy atom. The molecule has 0 spiro atoms. The molecule has 2 N–H and O–H groups in total. The van der Waals surface area contributed by atoms with E-state index in [9.17, 15) is 18.8 Å². The van der Waals surface area contributed by atoms with Crippen LogP contribution in [0.4, 0.5) is 4.39 Å². The van der Waals surface area contributed by atoms with Gasteiger partial charge < -0.3 is 15.4 Å². The van der Waals surface area contributed by atoms with Crippen molar-refractivity contribution in [2.75, 3.05) is 6.61 Å². The summed E-state index contributed by atoms with van der Waals surface area (Å²) in [5.41, 5.74) is -0.171. The molecule has 3 saturated carbocycles. The third-order valence-electron chi connectivity index (χ3n) is 5.52. The molecule has 1 aromatic heterocycles. The summed E-state index contributed by atoms with van der Waals surface area (Å²) in [5, 5.41) is 5.87. The summed E-state index contributed by atoms with van der Waals surface area (Å²) in [7, 11) is 0. The fraction of sp³-hybridized carbons (Fsp3) is 0.333. The predicted molar refractivity (Wildman–Crippen MR) is 106 cm³/mol. The van der Waals surface area contributed by atoms with Gasteiger partial charge in [0.25, 0.3) is 11.8 Å². The van der Waals surface area contributed by atoms with E-state index in [-0.39, 0.29) is 51.6 Å². The van der Waals surface area contributed by atoms with Crippen LogP contribution in [0, 0.1) is 5.82 Å². The maximum Gasteiger partial charge on any atom is 0.258 e. The van der Waals surface area contributed by atoms with E-state index in [0.717, 1.165) is 6.07 Å². The van der Waals surface area contributed by atoms with Gasteiger partial charge in [-0.3, -0.25) is 19.4 Å². The molecule has 3 aliphatic carbocycles. The summed E-state index contributed by atoms with van der Waals surface area (Å²) in [5.74, 6) is -1.28. The minimum Gasteiger partial charge on any atom is -0.484 e. The van der Waals surface area contributed by atoms with Crippen molar-refractivity contribution in [3.05, 3.63) is 58.6 Å². The number of Topliss-reactive ketones (excluding diaryl/α,β-unsaturated/α-hetero) is 1. The Bertz CT molecular complexity index is 1040. The molecule has 0 radical (unpaired) electrons. The average molecular weight is 432 g/mol. The second-order valence-corrected chi connectivity index (χ2v) is 8.34. The Kier molecular flexibility index (Phi) is 4.97. The monoisotopic (exact) mass is 431 g/mol. The first-order valence-electron chi connectivity index (χ1n) is 9.37. The van der Waals surface area contributed by atoms with Crippen LogP contribution in [-0.2, 0) is 4.79 Å². The lowest BCUT2D eigenvalue weighted by molar-refractivity contribution is -0.141. The van der Waals surface area contributed by atoms with Crippen molar-refractivity contribution in [1.29, 1.82) is 0 Å². The fourth-order valence-electron chi connectivity index (χ4n) is 4.29. The number of nitrogens with zero attached hydrogens (tertiary/aromatic N) is 1. The molecule has 156 valence electrons. The Morgan fingerprint density at radius 1 is 1.13 bits per heavy atom. The number of rotatable bonds is 7. The zero-order chi connectivity index (χ0) is 21.5. The van der Waals surface area contributed by atoms with Crippen LogP contribution in [0.5, 0.6) is 5.75 Å². The molecular weight excluding hydrogens is 413 g/mol. The van der Waals surface area contributed by atoms with Gasteiger partial charge in [0.1, 0.15) is 11.6 Å². The van der Waals surface area contributed by atoms with Crippen LogP contribution in [0.25, 0.3) is 0 Å². The lowest BCUT2D eigenvalue weighted by atomic mass is 9.44. The Balaban J connectivity index is 1.27. The van der Waals surface area contributed by atoms with Crippen LogP contribution in [0.1, 0.15) is 46.9 Å². The molecular formula is C21H19ClFN3O4. The van der Waals surface area contributed by atoms with Gasteiger partial charge in [-0.05, 0) is 44.4 Å². The number of pyridine rings is 1. The summed E-state index contributed by atoms with van der Waals surface area (Å²) in [6, 6.07) is 5.48. The van der Waals surface area contributed by atoms with Gasteiger partial charge in [-0.15, -0.1) is 0 Å². The Morgan fingerprint density at radius 3 is 2.50 bits per heavy atom. The van der Waals surface area contributed by atoms with Crippen molar-refractivity contribution >= 4 is 29.2 Å². The third-order valence-corrected chi connectivity index (χ3v) is 5.83. The quantitative estimate of drug-likeness (QED) is 0.657. The Labute approximate surface area is 177 Å². The molecule has 1 heterocycles. The number of carbonyl (C=O) groups excluding carboxylic acids is 3. The second kappa shape index (κ2) is 7.36. The first-order valence-corrected chi connectivity index (χ1v) is 9.75. The largest absolute Gasteiger partial charge is 0.484 e. The number of hydrogen-bond donors (Lipinski definition) is 2. The maximum absolute atomic E-state index is 13.4. The highest BCUT2D eigenvalue weighted by Gasteiger charge is 2.69. The van der Waals surface area contributed by atoms with E-state index in [4.69, 9.17) is 16.3 Å². The first-order chi connectivity index (χ1) is 14.2. The lowest BCUT2D eigenvalue weighted by Crippen LogP contribution is -2.84. The van der Waals surface area contributed by atoms with Crippen LogP contribution < -0.4 is 15.4 Å². The van der Waals surface area contributed by atoms with Crippen LogP contribution in [-0.4, -0.2) is 40.3 Å². The predicted octanol–water partition coefficient (Wildman–Crippen LogP) is 2.68. The smallest absolute Gasteiger partial charge is 0.258 e. The first kappa shape index (κ1) is 20.3. The molecule has 2 bridgehead atoms. The number of ether oxygens (including phenoxy) is 1. The number of nitrogens with one attached hydrogen (secondary N) is 2. The maximum atomic E-state index is 13.4. The number of ketones is 1. The molecule has 3 aliphatic rings. The molecule has 3 fully saturated rings. The number of halogens is 2. The van der Waals surface area contributed by atoms with Crippen molar-refractivity contribution < 1.29 is 23.5 Å². The van der Waals surface area contributed by atoms with Gasteiger partial charge >= 0.3 is 0 Å². The van der Waals surface area contributed by atoms with Gasteiger partial charge in [0, 0.05) is 35.1 Å². The molecule has 7 nitrogen and oxygen atoms in total. The number of amides is 2. The second-order valence-electron chi connectivity index (χ2n) is 7.94. The molecule has 30 heavy (non-hydrogen) atoms. The van der Waals surface area contributed by atoms with Gasteiger partial charge in [-0.2, -0.15) is 0 Å². The standard InChI is InChI=1S/C21H19ClFN3O4/c1-12(27)14-4-5-24-7-15(14)19(29)26-21-9-20(10-21,11-21)25-18(28)8-30-13-2-3-16(22)17(23)6-13/h2-7H,8-11H2,1H3,(H,25,28)(H,26,29). The van der Waals surface area contributed by atoms with Gasteiger partial charge in [0.2, 0.25) is 0 Å². The lowest BCUT2D eigenvalue weighted by Gasteiger charge is -2.70. The van der Waals surface area contributed by atoms with Gasteiger partial charge in [0.15, 0.2) is 12.4 Å². The van der Waals surface area contributed by atoms with E-state index in [1.165, 1.54) is 37.5 Å². The number of hydrogen-bond acceptors (Lipinski definition) is 5. The van der Waals surface area contributed by atoms with E-state index in [0.29, 0.717) is 24.8 Å². The van der Waals surface area contributed by atoms with Crippen molar-refractivity contribution in [3.8, 4) is 5.75 Å². The third kappa shape index (κ3) is 3.75. The van der Waals surface area contributed by atoms with E-state index in [1.807, 2.05) is 0 Å². The Hall–Kier alpha value is -3.00. The zero-order valence-corrected chi connectivity index (χ0v) is 16.9. The van der Waals surface area contributed by atoms with Crippen molar-refractivity contribution in [3.63, 3.8) is 0 Å². The molecule has 2 aromatic rings. The summed E-state index contributed by atoms with van der Waals surface area (Å²) in [6.45, 7) is 1.15. The van der Waals surface area contributed by atoms with Crippen LogP contribution in [0.15, 0.2) is 36.7 Å². The van der Waals surface area contributed by atoms with Crippen LogP contribution >= 0.6 is 11.6 Å². The van der Waals surface area contributed by atoms with E-state index < -0.39 is 5.82 Å². The number of aromatic nitrogens is 1. The topological polar surface area (TPSA) is 97.4 Å². The van der Waals surface area contributed by atoms with Crippen molar-refractivity contribution in [2.45, 2.75) is 37.3 Å². The molecule has 0 aliphatic heterocycles. The average Bonchev–Trinajstić information content (AvgIpc) is 2.66. The van der Waals surface area contributed by atoms with Gasteiger partial charge in [0.05, 0.1) is 10.6 Å². The van der Waals surface area contributed by atoms with Crippen LogP contribution in [0.2, 0.25) is 5.02 Å². The summed E-state index contributed by atoms with van der Waals surface area (Å²) < 4.78 is 18.7. The summed E-state index contributed by atoms with van der Waals surface area (Å²) >= 11 is 5.61. The van der Waals surface area contributed by atoms with E-state index >= 15 is 0 Å². The highest BCUT2D eigenvalue weighted by Crippen LogP contribution is 2.60. The fourth-order valence-corrected chi connectivity index (χ4v) is 4.41. The number of benzene rings is 1. The zero-order valence-electron chi connectivity index (χ0n) is 16.1. The van der Waals surface area contributed by atoms with E-state index in [2.05, 4.69) is 15.6 Å². The molecule has 0 unspecified atom stereocenters. The van der Waals surface area contributed by atoms with E-state index in [1.54, 1.807) is 0 Å². The SMILES string of the molecule is CC(=O)c1ccncc1C(=O)NC12CC(NC(=O)COc3ccc(Cl)c(F)c3)(C1)C2. The molecule has 0 saturated heterocycles. The summed E-state index contributed by atoms with van der Waals surface area (Å²) in [6.07, 6.45) is 4.65. The van der Waals surface area contributed by atoms with Crippen molar-refractivity contribution in [1.82, 2.24) is 15.6 Å². The highest BCUT2D eigenvalue weighted by molar-refractivity contribution is 6.30. The van der Waals surface area contributed by atoms with Crippen molar-refractivity contribution in [2.24, 2.45) is 0 Å². The van der Waals surface area contributed by atoms with Gasteiger partial charge in [-0.1, -0.05) is 11.6 Å². The highest BCUT2D eigenvalue weighted by atomic mass is 35.5. The molecule has 9 heteroatoms. The van der Waals surface area contributed by atoms with Crippen LogP contribution in [0.3, 0.4) is 0 Å². The normalized spacial score (nSPS) is 23.6.